The van der Waals surface area contributed by atoms with Crippen LogP contribution in [0.15, 0.2) is 11.4 Å². The van der Waals surface area contributed by atoms with Gasteiger partial charge in [-0.25, -0.2) is 0 Å². The molecule has 2 N–H and O–H groups in total. The van der Waals surface area contributed by atoms with E-state index >= 15 is 0 Å². The summed E-state index contributed by atoms with van der Waals surface area (Å²) < 4.78 is 0. The van der Waals surface area contributed by atoms with Gasteiger partial charge in [0.2, 0.25) is 0 Å². The first-order valence-corrected chi connectivity index (χ1v) is 7.88. The van der Waals surface area contributed by atoms with Gasteiger partial charge in [-0.1, -0.05) is 26.2 Å². The Morgan fingerprint density at radius 2 is 2.24 bits per heavy atom. The van der Waals surface area contributed by atoms with Crippen LogP contribution in [0.2, 0.25) is 0 Å². The van der Waals surface area contributed by atoms with Crippen LogP contribution < -0.4 is 5.73 Å². The molecule has 1 saturated carbocycles. The zero-order valence-corrected chi connectivity index (χ0v) is 11.9. The van der Waals surface area contributed by atoms with E-state index in [4.69, 9.17) is 5.73 Å². The normalized spacial score (nSPS) is 29.5. The summed E-state index contributed by atoms with van der Waals surface area (Å²) >= 11 is 1.94. The van der Waals surface area contributed by atoms with Gasteiger partial charge in [-0.2, -0.15) is 0 Å². The van der Waals surface area contributed by atoms with Gasteiger partial charge in [0, 0.05) is 4.88 Å². The second-order valence-corrected chi connectivity index (χ2v) is 6.49. The van der Waals surface area contributed by atoms with E-state index in [1.807, 2.05) is 11.3 Å². The van der Waals surface area contributed by atoms with Crippen molar-refractivity contribution in [3.8, 4) is 0 Å². The second-order valence-electron chi connectivity index (χ2n) is 5.54. The van der Waals surface area contributed by atoms with Crippen molar-refractivity contribution < 1.29 is 0 Å². The molecule has 1 nitrogen and oxygen atoms in total. The molecule has 3 atom stereocenters. The van der Waals surface area contributed by atoms with Crippen LogP contribution in [0.5, 0.6) is 0 Å². The van der Waals surface area contributed by atoms with Crippen molar-refractivity contribution in [1.82, 2.24) is 0 Å². The fourth-order valence-electron chi connectivity index (χ4n) is 3.36. The Labute approximate surface area is 109 Å². The van der Waals surface area contributed by atoms with E-state index in [1.165, 1.54) is 37.7 Å². The van der Waals surface area contributed by atoms with Gasteiger partial charge >= 0.3 is 0 Å². The molecule has 1 heterocycles. The van der Waals surface area contributed by atoms with Gasteiger partial charge in [-0.05, 0) is 61.1 Å². The molecule has 96 valence electrons. The molecule has 0 aromatic carbocycles. The second kappa shape index (κ2) is 6.01. The van der Waals surface area contributed by atoms with Crippen molar-refractivity contribution >= 4 is 11.3 Å². The first-order valence-electron chi connectivity index (χ1n) is 7.00. The zero-order chi connectivity index (χ0) is 12.3. The van der Waals surface area contributed by atoms with E-state index in [0.717, 1.165) is 24.3 Å². The number of thiophene rings is 1. The lowest BCUT2D eigenvalue weighted by molar-refractivity contribution is 0.232. The van der Waals surface area contributed by atoms with Crippen LogP contribution in [-0.4, -0.2) is 6.54 Å². The standard InChI is InChI=1S/C15H25NS/c1-3-4-12-5-6-13(10-16)14(9-12)15-11(2)7-8-17-15/h7-8,12-14H,3-6,9-10,16H2,1-2H3. The lowest BCUT2D eigenvalue weighted by Crippen LogP contribution is -2.28. The highest BCUT2D eigenvalue weighted by molar-refractivity contribution is 7.10. The average Bonchev–Trinajstić information content (AvgIpc) is 2.76. The van der Waals surface area contributed by atoms with Crippen molar-refractivity contribution in [2.75, 3.05) is 6.54 Å². The van der Waals surface area contributed by atoms with Crippen molar-refractivity contribution in [2.24, 2.45) is 17.6 Å². The molecule has 0 amide bonds. The molecule has 0 bridgehead atoms. The minimum absolute atomic E-state index is 0.723. The maximum atomic E-state index is 5.97. The summed E-state index contributed by atoms with van der Waals surface area (Å²) in [5.74, 6) is 2.40. The Bertz CT molecular complexity index is 344. The van der Waals surface area contributed by atoms with Crippen molar-refractivity contribution in [1.29, 1.82) is 0 Å². The summed E-state index contributed by atoms with van der Waals surface area (Å²) in [5, 5.41) is 2.24. The average molecular weight is 251 g/mol. The molecule has 1 aromatic heterocycles. The molecular weight excluding hydrogens is 226 g/mol. The molecular formula is C15H25NS. The Balaban J connectivity index is 2.13. The highest BCUT2D eigenvalue weighted by atomic mass is 32.1. The third kappa shape index (κ3) is 2.92. The Morgan fingerprint density at radius 3 is 2.82 bits per heavy atom. The van der Waals surface area contributed by atoms with Crippen molar-refractivity contribution in [2.45, 2.75) is 51.9 Å². The summed E-state index contributed by atoms with van der Waals surface area (Å²) in [6.45, 7) is 5.42. The summed E-state index contributed by atoms with van der Waals surface area (Å²) in [5.41, 5.74) is 7.46. The van der Waals surface area contributed by atoms with E-state index in [0.29, 0.717) is 0 Å². The Hall–Kier alpha value is -0.340. The summed E-state index contributed by atoms with van der Waals surface area (Å²) in [6, 6.07) is 2.26. The monoisotopic (exact) mass is 251 g/mol. The highest BCUT2D eigenvalue weighted by Crippen LogP contribution is 2.44. The summed E-state index contributed by atoms with van der Waals surface area (Å²) in [4.78, 5) is 1.61. The lowest BCUT2D eigenvalue weighted by Gasteiger charge is -2.35. The molecule has 2 rings (SSSR count). The molecule has 1 aromatic rings. The Kier molecular flexibility index (Phi) is 4.63. The molecule has 1 aliphatic carbocycles. The maximum absolute atomic E-state index is 5.97. The summed E-state index contributed by atoms with van der Waals surface area (Å²) in [6.07, 6.45) is 6.84. The van der Waals surface area contributed by atoms with E-state index in [-0.39, 0.29) is 0 Å². The first-order chi connectivity index (χ1) is 8.26. The predicted octanol–water partition coefficient (Wildman–Crippen LogP) is 4.32. The van der Waals surface area contributed by atoms with Crippen LogP contribution in [0.25, 0.3) is 0 Å². The van der Waals surface area contributed by atoms with Gasteiger partial charge in [-0.3, -0.25) is 0 Å². The number of hydrogen-bond acceptors (Lipinski definition) is 2. The van der Waals surface area contributed by atoms with Crippen LogP contribution >= 0.6 is 11.3 Å². The minimum Gasteiger partial charge on any atom is -0.330 e. The van der Waals surface area contributed by atoms with E-state index in [2.05, 4.69) is 25.3 Å². The van der Waals surface area contributed by atoms with E-state index in [1.54, 1.807) is 4.88 Å². The fourth-order valence-corrected chi connectivity index (χ4v) is 4.49. The van der Waals surface area contributed by atoms with Gasteiger partial charge in [-0.15, -0.1) is 11.3 Å². The first kappa shape index (κ1) is 13.1. The molecule has 0 saturated heterocycles. The van der Waals surface area contributed by atoms with Crippen LogP contribution in [0.4, 0.5) is 0 Å². The van der Waals surface area contributed by atoms with Crippen LogP contribution in [0.3, 0.4) is 0 Å². The Morgan fingerprint density at radius 1 is 1.41 bits per heavy atom. The van der Waals surface area contributed by atoms with Gasteiger partial charge in [0.1, 0.15) is 0 Å². The van der Waals surface area contributed by atoms with Crippen LogP contribution in [-0.2, 0) is 0 Å². The molecule has 0 radical (unpaired) electrons. The lowest BCUT2D eigenvalue weighted by atomic mass is 9.71. The van der Waals surface area contributed by atoms with Gasteiger partial charge < -0.3 is 5.73 Å². The minimum atomic E-state index is 0.723. The molecule has 0 spiro atoms. The van der Waals surface area contributed by atoms with Gasteiger partial charge in [0.25, 0.3) is 0 Å². The molecule has 17 heavy (non-hydrogen) atoms. The topological polar surface area (TPSA) is 26.0 Å². The smallest absolute Gasteiger partial charge is 0.0109 e. The van der Waals surface area contributed by atoms with Crippen molar-refractivity contribution in [3.63, 3.8) is 0 Å². The fraction of sp³-hybridized carbons (Fsp3) is 0.733. The number of aryl methyl sites for hydroxylation is 1. The van der Waals surface area contributed by atoms with Gasteiger partial charge in [0.15, 0.2) is 0 Å². The number of hydrogen-bond donors (Lipinski definition) is 1. The van der Waals surface area contributed by atoms with Crippen LogP contribution in [0, 0.1) is 18.8 Å². The highest BCUT2D eigenvalue weighted by Gasteiger charge is 2.31. The van der Waals surface area contributed by atoms with Crippen molar-refractivity contribution in [3.05, 3.63) is 21.9 Å². The molecule has 1 fully saturated rings. The third-order valence-corrected chi connectivity index (χ3v) is 5.49. The SMILES string of the molecule is CCCC1CCC(CN)C(c2sccc2C)C1. The number of rotatable bonds is 4. The molecule has 3 unspecified atom stereocenters. The quantitative estimate of drug-likeness (QED) is 0.847. The molecule has 2 heteroatoms. The van der Waals surface area contributed by atoms with Crippen LogP contribution in [0.1, 0.15) is 55.4 Å². The molecule has 1 aliphatic rings. The van der Waals surface area contributed by atoms with Gasteiger partial charge in [0.05, 0.1) is 0 Å². The molecule has 0 aliphatic heterocycles. The summed E-state index contributed by atoms with van der Waals surface area (Å²) in [7, 11) is 0. The maximum Gasteiger partial charge on any atom is 0.0109 e. The zero-order valence-electron chi connectivity index (χ0n) is 11.1. The van der Waals surface area contributed by atoms with E-state index in [9.17, 15) is 0 Å². The van der Waals surface area contributed by atoms with E-state index < -0.39 is 0 Å². The third-order valence-electron chi connectivity index (χ3n) is 4.34. The largest absolute Gasteiger partial charge is 0.330 e. The predicted molar refractivity (Wildman–Crippen MR) is 76.6 cm³/mol. The number of nitrogens with two attached hydrogens (primary N) is 1.